The van der Waals surface area contributed by atoms with E-state index in [4.69, 9.17) is 29.5 Å². The first-order valence-electron chi connectivity index (χ1n) is 23.9. The number of nitrogens with zero attached hydrogens (tertiary/aromatic N) is 3. The molecule has 7 aromatic rings. The van der Waals surface area contributed by atoms with Gasteiger partial charge in [-0.05, 0) is 35.4 Å². The molecule has 3 atom stereocenters. The van der Waals surface area contributed by atoms with Crippen LogP contribution >= 0.6 is 23.1 Å². The van der Waals surface area contributed by atoms with Gasteiger partial charge in [0.15, 0.2) is 28.4 Å². The fourth-order valence-electron chi connectivity index (χ4n) is 8.89. The van der Waals surface area contributed by atoms with Gasteiger partial charge in [0.25, 0.3) is 5.91 Å². The summed E-state index contributed by atoms with van der Waals surface area (Å²) in [7, 11) is 0. The molecule has 1 aromatic heterocycles. The first kappa shape index (κ1) is 52.0. The second-order valence-corrected chi connectivity index (χ2v) is 19.6. The Hall–Kier alpha value is -8.87. The van der Waals surface area contributed by atoms with Gasteiger partial charge in [-0.25, -0.2) is 9.78 Å². The van der Waals surface area contributed by atoms with Crippen LogP contribution in [0.5, 0.6) is 11.5 Å². The van der Waals surface area contributed by atoms with Gasteiger partial charge in [0, 0.05) is 48.2 Å². The Kier molecular flexibility index (Phi) is 15.8. The zero-order valence-corrected chi connectivity index (χ0v) is 42.6. The van der Waals surface area contributed by atoms with Crippen LogP contribution in [-0.2, 0) is 43.9 Å². The predicted molar refractivity (Wildman–Crippen MR) is 285 cm³/mol. The zero-order valence-electron chi connectivity index (χ0n) is 41.0. The van der Waals surface area contributed by atoms with Gasteiger partial charge >= 0.3 is 23.9 Å². The number of carbonyl (C=O) groups excluding carboxylic acids is 6. The van der Waals surface area contributed by atoms with Gasteiger partial charge in [0.2, 0.25) is 11.5 Å². The predicted octanol–water partition coefficient (Wildman–Crippen LogP) is 8.42. The average molecular weight is 1060 g/mol. The number of carbonyl (C=O) groups is 6. The van der Waals surface area contributed by atoms with Crippen molar-refractivity contribution in [1.82, 2.24) is 15.2 Å². The lowest BCUT2D eigenvalue weighted by atomic mass is 9.80. The van der Waals surface area contributed by atoms with Gasteiger partial charge in [-0.3, -0.25) is 24.0 Å². The molecule has 2 aliphatic heterocycles. The van der Waals surface area contributed by atoms with E-state index < -0.39 is 64.2 Å². The summed E-state index contributed by atoms with van der Waals surface area (Å²) in [6.07, 6.45) is 2.23. The molecule has 0 spiro atoms. The number of β-lactam (4-membered cyclic amide) rings is 1. The number of benzene rings is 6. The number of thioether (sulfide) groups is 1. The molecule has 9 rings (SSSR count). The lowest BCUT2D eigenvalue weighted by Crippen LogP contribution is -2.74. The SMILES string of the molecule is CC(=O)Oc1ccc(C(=O)OCC=CC2(C(=O)OC(c3ccccc3)c3ccccc3)CS[C@@H]3C(NC(=O)C(=NOC(c4ccccc4)(c4ccccc4)c4ccccc4)c4csc(N)n4)C(=O)N3C2)cc1OC(C)=O. The second-order valence-electron chi connectivity index (χ2n) is 17.6. The van der Waals surface area contributed by atoms with Crippen molar-refractivity contribution in [2.24, 2.45) is 10.6 Å². The van der Waals surface area contributed by atoms with Gasteiger partial charge in [0.05, 0.1) is 5.56 Å². The maximum Gasteiger partial charge on any atom is 0.338 e. The van der Waals surface area contributed by atoms with Crippen LogP contribution in [0.4, 0.5) is 5.13 Å². The molecule has 2 aliphatic rings. The Bertz CT molecular complexity index is 3170. The highest BCUT2D eigenvalue weighted by Crippen LogP contribution is 2.45. The van der Waals surface area contributed by atoms with E-state index in [9.17, 15) is 28.8 Å². The molecule has 2 amide bonds. The van der Waals surface area contributed by atoms with E-state index in [0.29, 0.717) is 11.1 Å². The van der Waals surface area contributed by atoms with Crippen molar-refractivity contribution in [3.63, 3.8) is 0 Å². The van der Waals surface area contributed by atoms with Crippen LogP contribution in [0.2, 0.25) is 0 Å². The van der Waals surface area contributed by atoms with Gasteiger partial charge in [0.1, 0.15) is 29.1 Å². The molecule has 2 unspecified atom stereocenters. The maximum atomic E-state index is 14.9. The molecule has 2 saturated heterocycles. The van der Waals surface area contributed by atoms with Gasteiger partial charge in [-0.15, -0.1) is 23.1 Å². The van der Waals surface area contributed by atoms with Gasteiger partial charge < -0.3 is 39.7 Å². The Labute approximate surface area is 445 Å². The van der Waals surface area contributed by atoms with Crippen LogP contribution in [0, 0.1) is 5.41 Å². The number of oxime groups is 1. The summed E-state index contributed by atoms with van der Waals surface area (Å²) in [5.74, 6) is -4.22. The smallest absolute Gasteiger partial charge is 0.338 e. The lowest BCUT2D eigenvalue weighted by Gasteiger charge is -2.53. The summed E-state index contributed by atoms with van der Waals surface area (Å²) in [5, 5.41) is 8.62. The molecule has 0 radical (unpaired) electrons. The number of aromatic nitrogens is 1. The van der Waals surface area contributed by atoms with Crippen molar-refractivity contribution in [1.29, 1.82) is 0 Å². The summed E-state index contributed by atoms with van der Waals surface area (Å²) in [6.45, 7) is 1.86. The summed E-state index contributed by atoms with van der Waals surface area (Å²) in [6, 6.07) is 49.8. The maximum absolute atomic E-state index is 14.9. The number of nitrogens with two attached hydrogens (primary N) is 1. The summed E-state index contributed by atoms with van der Waals surface area (Å²) >= 11 is 2.37. The number of hydrogen-bond donors (Lipinski definition) is 2. The van der Waals surface area contributed by atoms with Crippen LogP contribution < -0.4 is 20.5 Å². The number of esters is 4. The number of fused-ring (bicyclic) bond motifs is 1. The minimum absolute atomic E-state index is 0.0144. The molecule has 2 fully saturated rings. The Morgan fingerprint density at radius 1 is 0.776 bits per heavy atom. The van der Waals surface area contributed by atoms with Crippen molar-refractivity contribution in [2.45, 2.75) is 37.0 Å². The summed E-state index contributed by atoms with van der Waals surface area (Å²) < 4.78 is 22.3. The molecule has 18 heteroatoms. The number of rotatable bonds is 18. The number of nitrogens with one attached hydrogen (secondary N) is 1. The van der Waals surface area contributed by atoms with E-state index in [1.165, 1.54) is 47.9 Å². The molecule has 16 nitrogen and oxygen atoms in total. The van der Waals surface area contributed by atoms with E-state index in [0.717, 1.165) is 35.0 Å². The molecule has 6 aromatic carbocycles. The number of thiazole rings is 1. The van der Waals surface area contributed by atoms with Crippen LogP contribution in [0.15, 0.2) is 193 Å². The molecule has 76 heavy (non-hydrogen) atoms. The minimum atomic E-state index is -1.48. The highest BCUT2D eigenvalue weighted by atomic mass is 32.2. The number of ether oxygens (including phenoxy) is 4. The normalized spacial score (nSPS) is 17.2. The molecular formula is C58H49N5O11S2. The fourth-order valence-corrected chi connectivity index (χ4v) is 10.9. The Morgan fingerprint density at radius 2 is 1.32 bits per heavy atom. The number of hydrogen-bond acceptors (Lipinski definition) is 16. The van der Waals surface area contributed by atoms with Crippen molar-refractivity contribution in [2.75, 3.05) is 24.6 Å². The summed E-state index contributed by atoms with van der Waals surface area (Å²) in [5.41, 5.74) is 6.78. The van der Waals surface area contributed by atoms with E-state index in [2.05, 4.69) is 15.5 Å². The number of amides is 2. The third kappa shape index (κ3) is 11.3. The van der Waals surface area contributed by atoms with E-state index >= 15 is 0 Å². The topological polar surface area (TPSA) is 215 Å². The third-order valence-corrected chi connectivity index (χ3v) is 14.7. The summed E-state index contributed by atoms with van der Waals surface area (Å²) in [4.78, 5) is 93.3. The van der Waals surface area contributed by atoms with Crippen LogP contribution in [0.3, 0.4) is 0 Å². The Morgan fingerprint density at radius 3 is 1.84 bits per heavy atom. The van der Waals surface area contributed by atoms with Crippen molar-refractivity contribution in [3.8, 4) is 11.5 Å². The third-order valence-electron chi connectivity index (χ3n) is 12.5. The molecular weight excluding hydrogens is 1010 g/mol. The number of anilines is 1. The second kappa shape index (κ2) is 23.1. The van der Waals surface area contributed by atoms with E-state index in [1.807, 2.05) is 152 Å². The Balaban J connectivity index is 0.985. The quantitative estimate of drug-likeness (QED) is 0.0157. The molecule has 3 heterocycles. The van der Waals surface area contributed by atoms with Crippen molar-refractivity contribution >= 4 is 69.6 Å². The van der Waals surface area contributed by atoms with Crippen molar-refractivity contribution < 1.29 is 52.6 Å². The van der Waals surface area contributed by atoms with Crippen molar-refractivity contribution in [3.05, 3.63) is 226 Å². The van der Waals surface area contributed by atoms with E-state index in [1.54, 1.807) is 11.5 Å². The molecule has 3 N–H and O–H groups in total. The largest absolute Gasteiger partial charge is 0.458 e. The van der Waals surface area contributed by atoms with Gasteiger partial charge in [-0.2, -0.15) is 0 Å². The van der Waals surface area contributed by atoms with Crippen LogP contribution in [0.25, 0.3) is 0 Å². The molecule has 0 saturated carbocycles. The first-order chi connectivity index (χ1) is 36.8. The monoisotopic (exact) mass is 1060 g/mol. The van der Waals surface area contributed by atoms with Crippen LogP contribution in [-0.4, -0.2) is 81.6 Å². The molecule has 384 valence electrons. The molecule has 0 bridgehead atoms. The average Bonchev–Trinajstić information content (AvgIpc) is 3.95. The lowest BCUT2D eigenvalue weighted by molar-refractivity contribution is -0.162. The zero-order chi connectivity index (χ0) is 53.2. The number of nitrogen functional groups attached to an aromatic ring is 1. The van der Waals surface area contributed by atoms with Gasteiger partial charge in [-0.1, -0.05) is 163 Å². The minimum Gasteiger partial charge on any atom is -0.458 e. The first-order valence-corrected chi connectivity index (χ1v) is 25.8. The highest BCUT2D eigenvalue weighted by molar-refractivity contribution is 8.00. The standard InChI is InChI=1S/C58H49N5O11S2/c1-37(64)71-46-30-29-41(33-47(46)72-38(2)65)54(68)70-32-18-31-57(55(69)73-50(39-19-8-3-9-20-39)40-21-10-4-11-22-40)35-63-52(67)49(53(63)76-36-57)61-51(66)48(45-34-75-56(59)60-45)62-74-58(42-23-12-5-13-24-42,43-25-14-6-15-26-43)44-27-16-7-17-28-44/h3-31,33-34,49-50,53H,32,35-36H2,1-2H3,(H2,59,60)(H,61,66)/t49?,53-,57?/m1/s1. The highest BCUT2D eigenvalue weighted by Gasteiger charge is 2.57. The molecule has 0 aliphatic carbocycles. The fraction of sp³-hybridized carbons (Fsp3) is 0.172. The van der Waals surface area contributed by atoms with Crippen LogP contribution in [0.1, 0.15) is 63.8 Å². The van der Waals surface area contributed by atoms with E-state index in [-0.39, 0.29) is 52.5 Å².